The molecule has 3 nitrogen and oxygen atoms in total. The van der Waals surface area contributed by atoms with Gasteiger partial charge in [-0.1, -0.05) is 42.8 Å². The number of benzene rings is 2. The number of carbonyl (C=O) groups excluding carboxylic acids is 1. The highest BCUT2D eigenvalue weighted by Crippen LogP contribution is 2.23. The van der Waals surface area contributed by atoms with Crippen LogP contribution in [0.5, 0.6) is 5.75 Å². The predicted octanol–water partition coefficient (Wildman–Crippen LogP) is 6.23. The molecule has 4 heteroatoms. The zero-order valence-electron chi connectivity index (χ0n) is 17.2. The third kappa shape index (κ3) is 8.10. The fraction of sp³-hybridized carbons (Fsp3) is 0.435. The monoisotopic (exact) mass is 384 g/mol. The molecular formula is C23H32O3Si. The van der Waals surface area contributed by atoms with Gasteiger partial charge in [-0.2, -0.15) is 0 Å². The molecule has 0 radical (unpaired) electrons. The molecule has 0 heterocycles. The number of hydrogen-bond donors (Lipinski definition) is 0. The molecule has 2 aromatic carbocycles. The van der Waals surface area contributed by atoms with Crippen LogP contribution >= 0.6 is 0 Å². The predicted molar refractivity (Wildman–Crippen MR) is 115 cm³/mol. The van der Waals surface area contributed by atoms with E-state index < -0.39 is 8.32 Å². The van der Waals surface area contributed by atoms with E-state index in [0.717, 1.165) is 18.4 Å². The minimum absolute atomic E-state index is 0.298. The second-order valence-electron chi connectivity index (χ2n) is 8.10. The fourth-order valence-corrected chi connectivity index (χ4v) is 4.49. The first-order valence-electron chi connectivity index (χ1n) is 9.78. The Morgan fingerprint density at radius 3 is 2.00 bits per heavy atom. The Balaban J connectivity index is 1.80. The zero-order valence-corrected chi connectivity index (χ0v) is 18.2. The van der Waals surface area contributed by atoms with Crippen LogP contribution in [0.25, 0.3) is 11.1 Å². The molecule has 1 atom stereocenters. The zero-order chi connectivity index (χ0) is 19.9. The van der Waals surface area contributed by atoms with Crippen molar-refractivity contribution in [2.75, 3.05) is 0 Å². The minimum atomic E-state index is -1.42. The first-order chi connectivity index (χ1) is 12.7. The van der Waals surface area contributed by atoms with E-state index in [-0.39, 0.29) is 5.97 Å². The van der Waals surface area contributed by atoms with Crippen LogP contribution in [0.3, 0.4) is 0 Å². The largest absolute Gasteiger partial charge is 0.427 e. The molecule has 27 heavy (non-hydrogen) atoms. The number of hydrogen-bond acceptors (Lipinski definition) is 3. The first-order valence-corrected chi connectivity index (χ1v) is 13.2. The van der Waals surface area contributed by atoms with Gasteiger partial charge in [0, 0.05) is 13.0 Å². The highest BCUT2D eigenvalue weighted by Gasteiger charge is 2.17. The Hall–Kier alpha value is -1.91. The molecule has 0 aromatic heterocycles. The summed E-state index contributed by atoms with van der Waals surface area (Å²) in [6, 6.07) is 16.3. The van der Waals surface area contributed by atoms with Gasteiger partial charge in [-0.25, -0.2) is 0 Å². The number of carbonyl (C=O) groups is 1. The third-order valence-corrected chi connectivity index (χ3v) is 5.39. The van der Waals surface area contributed by atoms with Gasteiger partial charge in [-0.05, 0) is 74.7 Å². The van der Waals surface area contributed by atoms with E-state index in [2.05, 4.69) is 50.8 Å². The van der Waals surface area contributed by atoms with Gasteiger partial charge in [0.05, 0.1) is 0 Å². The summed E-state index contributed by atoms with van der Waals surface area (Å²) >= 11 is 0. The van der Waals surface area contributed by atoms with Gasteiger partial charge in [0.25, 0.3) is 0 Å². The molecule has 2 rings (SSSR count). The Labute approximate surface area is 164 Å². The lowest BCUT2D eigenvalue weighted by Gasteiger charge is -2.23. The number of aryl methyl sites for hydroxylation is 1. The van der Waals surface area contributed by atoms with Crippen LogP contribution in [0.1, 0.15) is 38.7 Å². The lowest BCUT2D eigenvalue weighted by molar-refractivity contribution is -0.131. The molecule has 0 saturated heterocycles. The van der Waals surface area contributed by atoms with Gasteiger partial charge < -0.3 is 9.16 Å². The van der Waals surface area contributed by atoms with Gasteiger partial charge >= 0.3 is 5.97 Å². The molecule has 0 bridgehead atoms. The van der Waals surface area contributed by atoms with Gasteiger partial charge in [0.15, 0.2) is 8.32 Å². The average molecular weight is 385 g/mol. The van der Waals surface area contributed by atoms with Gasteiger partial charge in [0.2, 0.25) is 0 Å². The summed E-state index contributed by atoms with van der Waals surface area (Å²) in [5.41, 5.74) is 3.66. The lowest BCUT2D eigenvalue weighted by Crippen LogP contribution is -2.30. The molecule has 0 saturated carbocycles. The molecule has 0 aliphatic carbocycles. The van der Waals surface area contributed by atoms with Crippen molar-refractivity contribution < 1.29 is 14.0 Å². The van der Waals surface area contributed by atoms with E-state index in [1.807, 2.05) is 24.3 Å². The molecule has 0 aliphatic rings. The second-order valence-corrected chi connectivity index (χ2v) is 12.6. The summed E-state index contributed by atoms with van der Waals surface area (Å²) in [5.74, 6) is 0.281. The first kappa shape index (κ1) is 21.4. The molecule has 2 aromatic rings. The van der Waals surface area contributed by atoms with Gasteiger partial charge in [-0.3, -0.25) is 4.79 Å². The van der Waals surface area contributed by atoms with Crippen LogP contribution in [0.2, 0.25) is 19.6 Å². The van der Waals surface area contributed by atoms with Crippen molar-refractivity contribution in [2.45, 2.75) is 65.3 Å². The average Bonchev–Trinajstić information content (AvgIpc) is 2.58. The number of unbranched alkanes of at least 4 members (excludes halogenated alkanes) is 1. The molecule has 0 amide bonds. The number of esters is 1. The van der Waals surface area contributed by atoms with Crippen LogP contribution in [0, 0.1) is 0 Å². The molecule has 0 aliphatic heterocycles. The third-order valence-electron chi connectivity index (χ3n) is 4.28. The van der Waals surface area contributed by atoms with E-state index >= 15 is 0 Å². The summed E-state index contributed by atoms with van der Waals surface area (Å²) in [7, 11) is -1.42. The maximum Gasteiger partial charge on any atom is 0.308 e. The van der Waals surface area contributed by atoms with E-state index in [1.165, 1.54) is 30.9 Å². The summed E-state index contributed by atoms with van der Waals surface area (Å²) in [6.07, 6.45) is 5.00. The van der Waals surface area contributed by atoms with Crippen molar-refractivity contribution in [1.82, 2.24) is 0 Å². The molecular weight excluding hydrogens is 352 g/mol. The van der Waals surface area contributed by atoms with Crippen LogP contribution in [-0.2, 0) is 15.6 Å². The van der Waals surface area contributed by atoms with Crippen molar-refractivity contribution in [3.63, 3.8) is 0 Å². The highest BCUT2D eigenvalue weighted by atomic mass is 28.4. The normalized spacial score (nSPS) is 12.6. The standard InChI is InChI=1S/C23H32O3Si/c1-18(26-27(3,4)5)8-6-7-9-20-10-12-21(13-11-20)22-14-16-23(17-15-22)25-19(2)24/h10-18H,6-9H2,1-5H3. The number of ether oxygens (including phenoxy) is 1. The van der Waals surface area contributed by atoms with Gasteiger partial charge in [0.1, 0.15) is 5.75 Å². The summed E-state index contributed by atoms with van der Waals surface area (Å²) < 4.78 is 11.2. The Kier molecular flexibility index (Phi) is 7.81. The molecule has 146 valence electrons. The maximum absolute atomic E-state index is 11.0. The quantitative estimate of drug-likeness (QED) is 0.222. The summed E-state index contributed by atoms with van der Waals surface area (Å²) in [4.78, 5) is 11.0. The van der Waals surface area contributed by atoms with Crippen molar-refractivity contribution in [3.05, 3.63) is 54.1 Å². The molecule has 0 fully saturated rings. The molecule has 0 N–H and O–H groups in total. The van der Waals surface area contributed by atoms with E-state index in [0.29, 0.717) is 11.9 Å². The Bertz CT molecular complexity index is 715. The van der Waals surface area contributed by atoms with Gasteiger partial charge in [-0.15, -0.1) is 0 Å². The summed E-state index contributed by atoms with van der Waals surface area (Å²) in [6.45, 7) is 10.3. The fourth-order valence-electron chi connectivity index (χ4n) is 3.17. The molecule has 1 unspecified atom stereocenters. The Morgan fingerprint density at radius 2 is 1.48 bits per heavy atom. The van der Waals surface area contributed by atoms with Crippen LogP contribution < -0.4 is 4.74 Å². The van der Waals surface area contributed by atoms with Crippen molar-refractivity contribution >= 4 is 14.3 Å². The lowest BCUT2D eigenvalue weighted by atomic mass is 10.0. The smallest absolute Gasteiger partial charge is 0.308 e. The maximum atomic E-state index is 11.0. The topological polar surface area (TPSA) is 35.5 Å². The van der Waals surface area contributed by atoms with Crippen LogP contribution in [0.15, 0.2) is 48.5 Å². The minimum Gasteiger partial charge on any atom is -0.427 e. The Morgan fingerprint density at radius 1 is 0.926 bits per heavy atom. The van der Waals surface area contributed by atoms with Crippen molar-refractivity contribution in [3.8, 4) is 16.9 Å². The highest BCUT2D eigenvalue weighted by molar-refractivity contribution is 6.69. The van der Waals surface area contributed by atoms with E-state index in [1.54, 1.807) is 0 Å². The molecule has 0 spiro atoms. The van der Waals surface area contributed by atoms with E-state index in [9.17, 15) is 4.79 Å². The van der Waals surface area contributed by atoms with Crippen molar-refractivity contribution in [2.24, 2.45) is 0 Å². The second kappa shape index (κ2) is 9.86. The summed E-state index contributed by atoms with van der Waals surface area (Å²) in [5, 5.41) is 0. The van der Waals surface area contributed by atoms with Crippen molar-refractivity contribution in [1.29, 1.82) is 0 Å². The number of rotatable bonds is 9. The van der Waals surface area contributed by atoms with Crippen LogP contribution in [-0.4, -0.2) is 20.4 Å². The van der Waals surface area contributed by atoms with Crippen LogP contribution in [0.4, 0.5) is 0 Å². The SMILES string of the molecule is CC(=O)Oc1ccc(-c2ccc(CCCCC(C)O[Si](C)(C)C)cc2)cc1. The van der Waals surface area contributed by atoms with E-state index in [4.69, 9.17) is 9.16 Å².